The fraction of sp³-hybridized carbons (Fsp3) is 0.167. The Morgan fingerprint density at radius 2 is 1.84 bits per heavy atom. The first-order valence-corrected chi connectivity index (χ1v) is 8.87. The minimum Gasteiger partial charge on any atom is -0.481 e. The third kappa shape index (κ3) is 4.41. The quantitative estimate of drug-likeness (QED) is 0.860. The Hall–Kier alpha value is -2.31. The van der Waals surface area contributed by atoms with Crippen LogP contribution in [0.15, 0.2) is 59.6 Å². The number of carboxylic acid groups (broad SMARTS) is 1. The Labute approximate surface area is 154 Å². The molecule has 3 rings (SSSR count). The molecule has 0 saturated carbocycles. The Bertz CT molecular complexity index is 809. The summed E-state index contributed by atoms with van der Waals surface area (Å²) in [6.07, 6.45) is -0.228. The van der Waals surface area contributed by atoms with Gasteiger partial charge in [-0.1, -0.05) is 53.7 Å². The number of amidine groups is 1. The Morgan fingerprint density at radius 1 is 1.16 bits per heavy atom. The molecule has 2 aromatic carbocycles. The summed E-state index contributed by atoms with van der Waals surface area (Å²) in [4.78, 5) is 29.7. The van der Waals surface area contributed by atoms with Crippen molar-refractivity contribution in [3.8, 4) is 0 Å². The maximum absolute atomic E-state index is 12.6. The molecule has 1 N–H and O–H groups in total. The van der Waals surface area contributed by atoms with Gasteiger partial charge in [-0.15, -0.1) is 0 Å². The molecule has 0 radical (unpaired) electrons. The second-order valence-corrected chi connectivity index (χ2v) is 7.09. The van der Waals surface area contributed by atoms with Crippen LogP contribution >= 0.6 is 23.4 Å². The molecule has 1 atom stereocenters. The summed E-state index contributed by atoms with van der Waals surface area (Å²) in [5.41, 5.74) is 1.62. The van der Waals surface area contributed by atoms with Crippen molar-refractivity contribution in [3.05, 3.63) is 65.2 Å². The third-order valence-corrected chi connectivity index (χ3v) is 5.04. The molecule has 2 aromatic rings. The number of aliphatic imine (C=N–C) groups is 1. The highest BCUT2D eigenvalue weighted by Gasteiger charge is 2.39. The fourth-order valence-electron chi connectivity index (χ4n) is 2.41. The Kier molecular flexibility index (Phi) is 5.40. The molecular formula is C18H15ClN2O3S. The van der Waals surface area contributed by atoms with Crippen molar-refractivity contribution < 1.29 is 14.7 Å². The molecule has 1 fully saturated rings. The maximum Gasteiger partial charge on any atom is 0.305 e. The predicted molar refractivity (Wildman–Crippen MR) is 99.2 cm³/mol. The number of para-hydroxylation sites is 1. The molecule has 0 aliphatic carbocycles. The number of halogens is 1. The lowest BCUT2D eigenvalue weighted by Crippen LogP contribution is -2.32. The van der Waals surface area contributed by atoms with Gasteiger partial charge in [0, 0.05) is 5.02 Å². The predicted octanol–water partition coefficient (Wildman–Crippen LogP) is 3.95. The highest BCUT2D eigenvalue weighted by molar-refractivity contribution is 8.15. The number of amides is 1. The van der Waals surface area contributed by atoms with Gasteiger partial charge in [-0.2, -0.15) is 0 Å². The van der Waals surface area contributed by atoms with Crippen LogP contribution in [0.5, 0.6) is 0 Å². The molecule has 7 heteroatoms. The molecule has 0 aromatic heterocycles. The molecule has 0 spiro atoms. The molecule has 25 heavy (non-hydrogen) atoms. The van der Waals surface area contributed by atoms with Crippen LogP contribution in [0.2, 0.25) is 5.02 Å². The van der Waals surface area contributed by atoms with Gasteiger partial charge in [-0.25, -0.2) is 4.99 Å². The molecule has 128 valence electrons. The van der Waals surface area contributed by atoms with E-state index < -0.39 is 11.2 Å². The molecule has 0 bridgehead atoms. The van der Waals surface area contributed by atoms with E-state index in [1.807, 2.05) is 42.5 Å². The molecular weight excluding hydrogens is 360 g/mol. The van der Waals surface area contributed by atoms with Crippen LogP contribution in [-0.4, -0.2) is 32.3 Å². The molecule has 1 aliphatic heterocycles. The molecule has 1 saturated heterocycles. The van der Waals surface area contributed by atoms with E-state index in [-0.39, 0.29) is 12.3 Å². The molecule has 1 amide bonds. The largest absolute Gasteiger partial charge is 0.481 e. The summed E-state index contributed by atoms with van der Waals surface area (Å²) in [6.45, 7) is 0.324. The van der Waals surface area contributed by atoms with Gasteiger partial charge in [0.15, 0.2) is 5.17 Å². The van der Waals surface area contributed by atoms with Crippen molar-refractivity contribution in [3.63, 3.8) is 0 Å². The first-order chi connectivity index (χ1) is 12.0. The fourth-order valence-corrected chi connectivity index (χ4v) is 3.69. The number of hydrogen-bond acceptors (Lipinski definition) is 4. The van der Waals surface area contributed by atoms with Crippen LogP contribution in [0.25, 0.3) is 0 Å². The van der Waals surface area contributed by atoms with E-state index in [0.29, 0.717) is 16.7 Å². The normalized spacial score (nSPS) is 18.8. The first kappa shape index (κ1) is 17.5. The van der Waals surface area contributed by atoms with E-state index in [9.17, 15) is 9.59 Å². The number of carboxylic acids is 1. The van der Waals surface area contributed by atoms with E-state index in [2.05, 4.69) is 4.99 Å². The van der Waals surface area contributed by atoms with Crippen LogP contribution < -0.4 is 0 Å². The first-order valence-electron chi connectivity index (χ1n) is 7.61. The van der Waals surface area contributed by atoms with Crippen molar-refractivity contribution in [2.45, 2.75) is 18.2 Å². The number of thioether (sulfide) groups is 1. The van der Waals surface area contributed by atoms with Gasteiger partial charge < -0.3 is 5.11 Å². The second kappa shape index (κ2) is 7.72. The van der Waals surface area contributed by atoms with Crippen molar-refractivity contribution in [2.24, 2.45) is 4.99 Å². The minimum absolute atomic E-state index is 0.228. The van der Waals surface area contributed by atoms with Crippen LogP contribution in [0.4, 0.5) is 5.69 Å². The zero-order valence-corrected chi connectivity index (χ0v) is 14.7. The number of rotatable bonds is 5. The highest BCUT2D eigenvalue weighted by atomic mass is 35.5. The summed E-state index contributed by atoms with van der Waals surface area (Å²) < 4.78 is 0. The lowest BCUT2D eigenvalue weighted by molar-refractivity contribution is -0.139. The van der Waals surface area contributed by atoms with Gasteiger partial charge in [0.1, 0.15) is 5.25 Å². The van der Waals surface area contributed by atoms with Gasteiger partial charge in [0.25, 0.3) is 0 Å². The lowest BCUT2D eigenvalue weighted by Gasteiger charge is -2.16. The highest BCUT2D eigenvalue weighted by Crippen LogP contribution is 2.32. The van der Waals surface area contributed by atoms with Gasteiger partial charge >= 0.3 is 5.97 Å². The van der Waals surface area contributed by atoms with Crippen molar-refractivity contribution >= 4 is 46.1 Å². The molecule has 1 aliphatic rings. The number of benzene rings is 2. The number of hydrogen-bond donors (Lipinski definition) is 1. The smallest absolute Gasteiger partial charge is 0.305 e. The van der Waals surface area contributed by atoms with Gasteiger partial charge in [-0.3, -0.25) is 14.5 Å². The number of carbonyl (C=O) groups excluding carboxylic acids is 1. The van der Waals surface area contributed by atoms with E-state index in [0.717, 1.165) is 11.3 Å². The van der Waals surface area contributed by atoms with Crippen molar-refractivity contribution in [1.29, 1.82) is 0 Å². The van der Waals surface area contributed by atoms with Gasteiger partial charge in [0.05, 0.1) is 18.7 Å². The SMILES string of the molecule is O=C(O)C[C@@H]1SC(=Nc2ccccc2)N(Cc2ccc(Cl)cc2)C1=O. The topological polar surface area (TPSA) is 70.0 Å². The van der Waals surface area contributed by atoms with Gasteiger partial charge in [-0.05, 0) is 29.8 Å². The van der Waals surface area contributed by atoms with Gasteiger partial charge in [0.2, 0.25) is 5.91 Å². The minimum atomic E-state index is -1.00. The van der Waals surface area contributed by atoms with E-state index in [1.165, 1.54) is 16.7 Å². The monoisotopic (exact) mass is 374 g/mol. The Balaban J connectivity index is 1.89. The summed E-state index contributed by atoms with van der Waals surface area (Å²) in [5.74, 6) is -1.24. The number of carbonyl (C=O) groups is 2. The van der Waals surface area contributed by atoms with Crippen LogP contribution in [0, 0.1) is 0 Å². The van der Waals surface area contributed by atoms with Crippen molar-refractivity contribution in [2.75, 3.05) is 0 Å². The lowest BCUT2D eigenvalue weighted by atomic mass is 10.2. The number of aliphatic carboxylic acids is 1. The molecule has 1 heterocycles. The zero-order chi connectivity index (χ0) is 17.8. The standard InChI is InChI=1S/C18H15ClN2O3S/c19-13-8-6-12(7-9-13)11-21-17(24)15(10-16(22)23)25-18(21)20-14-4-2-1-3-5-14/h1-9,15H,10-11H2,(H,22,23)/t15-/m0/s1. The van der Waals surface area contributed by atoms with E-state index in [1.54, 1.807) is 12.1 Å². The molecule has 0 unspecified atom stereocenters. The summed E-state index contributed by atoms with van der Waals surface area (Å²) in [6, 6.07) is 16.5. The van der Waals surface area contributed by atoms with Crippen LogP contribution in [0.3, 0.4) is 0 Å². The maximum atomic E-state index is 12.6. The van der Waals surface area contributed by atoms with E-state index >= 15 is 0 Å². The summed E-state index contributed by atoms with van der Waals surface area (Å²) in [7, 11) is 0. The van der Waals surface area contributed by atoms with E-state index in [4.69, 9.17) is 16.7 Å². The van der Waals surface area contributed by atoms with Crippen LogP contribution in [0.1, 0.15) is 12.0 Å². The average molecular weight is 375 g/mol. The number of nitrogens with zero attached hydrogens (tertiary/aromatic N) is 2. The summed E-state index contributed by atoms with van der Waals surface area (Å²) >= 11 is 7.09. The van der Waals surface area contributed by atoms with Crippen molar-refractivity contribution in [1.82, 2.24) is 4.90 Å². The third-order valence-electron chi connectivity index (χ3n) is 3.61. The molecule has 5 nitrogen and oxygen atoms in total. The second-order valence-electron chi connectivity index (χ2n) is 5.49. The van der Waals surface area contributed by atoms with Crippen LogP contribution in [-0.2, 0) is 16.1 Å². The Morgan fingerprint density at radius 3 is 2.48 bits per heavy atom. The average Bonchev–Trinajstić information content (AvgIpc) is 2.86. The zero-order valence-electron chi connectivity index (χ0n) is 13.1. The summed E-state index contributed by atoms with van der Waals surface area (Å²) in [5, 5.41) is 9.51.